The van der Waals surface area contributed by atoms with Crippen LogP contribution in [0.4, 0.5) is 9.52 Å². The molecule has 0 spiro atoms. The molecule has 11 heteroatoms. The van der Waals surface area contributed by atoms with Crippen LogP contribution >= 0.6 is 11.3 Å². The number of benzene rings is 1. The lowest BCUT2D eigenvalue weighted by Crippen LogP contribution is -2.28. The Kier molecular flexibility index (Phi) is 5.03. The van der Waals surface area contributed by atoms with Gasteiger partial charge in [-0.3, -0.25) is 4.79 Å². The number of aromatic nitrogens is 2. The summed E-state index contributed by atoms with van der Waals surface area (Å²) < 4.78 is 45.4. The van der Waals surface area contributed by atoms with E-state index in [1.54, 1.807) is 0 Å². The Balaban J connectivity index is 1.58. The van der Waals surface area contributed by atoms with Gasteiger partial charge in [0.2, 0.25) is 15.9 Å². The minimum absolute atomic E-state index is 0.0221. The highest BCUT2D eigenvalue weighted by molar-refractivity contribution is 7.89. The van der Waals surface area contributed by atoms with Crippen LogP contribution in [0.5, 0.6) is 0 Å². The van der Waals surface area contributed by atoms with Gasteiger partial charge in [-0.05, 0) is 32.0 Å². The molecule has 0 bridgehead atoms. The number of hydrogen-bond acceptors (Lipinski definition) is 7. The van der Waals surface area contributed by atoms with E-state index in [1.807, 2.05) is 0 Å². The van der Waals surface area contributed by atoms with E-state index in [2.05, 4.69) is 20.2 Å². The number of nitrogens with zero attached hydrogens (tertiary/aromatic N) is 2. The quantitative estimate of drug-likeness (QED) is 0.659. The van der Waals surface area contributed by atoms with Crippen LogP contribution in [-0.2, 0) is 14.8 Å². The number of rotatable bonds is 6. The highest BCUT2D eigenvalue weighted by Crippen LogP contribution is 2.26. The first kappa shape index (κ1) is 18.4. The molecule has 0 aliphatic carbocycles. The summed E-state index contributed by atoms with van der Waals surface area (Å²) in [4.78, 5) is 16.1. The first-order chi connectivity index (χ1) is 12.3. The Morgan fingerprint density at radius 2 is 2.12 bits per heavy atom. The number of thiazole rings is 1. The molecule has 26 heavy (non-hydrogen) atoms. The van der Waals surface area contributed by atoms with Gasteiger partial charge in [-0.1, -0.05) is 16.5 Å². The highest BCUT2D eigenvalue weighted by Gasteiger charge is 2.23. The van der Waals surface area contributed by atoms with Crippen molar-refractivity contribution in [2.45, 2.75) is 25.2 Å². The molecule has 1 amide bonds. The van der Waals surface area contributed by atoms with Crippen molar-refractivity contribution in [3.8, 4) is 0 Å². The molecule has 0 aliphatic heterocycles. The number of hydrogen-bond donors (Lipinski definition) is 2. The number of fused-ring (bicyclic) bond motifs is 1. The van der Waals surface area contributed by atoms with Crippen LogP contribution in [0.2, 0.25) is 0 Å². The lowest BCUT2D eigenvalue weighted by Gasteiger charge is -2.06. The van der Waals surface area contributed by atoms with Crippen molar-refractivity contribution in [1.82, 2.24) is 14.9 Å². The van der Waals surface area contributed by atoms with Crippen LogP contribution in [0.3, 0.4) is 0 Å². The molecule has 3 rings (SSSR count). The van der Waals surface area contributed by atoms with E-state index in [9.17, 15) is 17.6 Å². The summed E-state index contributed by atoms with van der Waals surface area (Å²) in [6, 6.07) is 4.14. The molecular weight excluding hydrogens is 383 g/mol. The summed E-state index contributed by atoms with van der Waals surface area (Å²) in [6.45, 7) is 2.92. The predicted molar refractivity (Wildman–Crippen MR) is 94.0 cm³/mol. The van der Waals surface area contributed by atoms with E-state index in [-0.39, 0.29) is 35.1 Å². The zero-order valence-electron chi connectivity index (χ0n) is 13.9. The number of aryl methyl sites for hydroxylation is 2. The standard InChI is InChI=1S/C15H15FN4O4S2/c1-8-14(9(2)24-20-8)26(22,23)17-6-5-13(21)19-15-18-11-4-3-10(16)7-12(11)25-15/h3-4,7,17H,5-6H2,1-2H3,(H,18,19,21). The largest absolute Gasteiger partial charge is 0.360 e. The fourth-order valence-electron chi connectivity index (χ4n) is 2.36. The fraction of sp³-hybridized carbons (Fsp3) is 0.267. The molecule has 0 atom stereocenters. The SMILES string of the molecule is Cc1noc(C)c1S(=O)(=O)NCCC(=O)Nc1nc2ccc(F)cc2s1. The maximum Gasteiger partial charge on any atom is 0.245 e. The van der Waals surface area contributed by atoms with Crippen molar-refractivity contribution >= 4 is 42.6 Å². The highest BCUT2D eigenvalue weighted by atomic mass is 32.2. The second-order valence-corrected chi connectivity index (χ2v) is 8.21. The van der Waals surface area contributed by atoms with Crippen molar-refractivity contribution in [2.24, 2.45) is 0 Å². The summed E-state index contributed by atoms with van der Waals surface area (Å²) in [6.07, 6.45) is -0.0904. The monoisotopic (exact) mass is 398 g/mol. The van der Waals surface area contributed by atoms with Gasteiger partial charge in [-0.2, -0.15) is 0 Å². The third kappa shape index (κ3) is 3.89. The first-order valence-corrected chi connectivity index (χ1v) is 9.85. The Morgan fingerprint density at radius 3 is 2.81 bits per heavy atom. The third-order valence-electron chi connectivity index (χ3n) is 3.48. The topological polar surface area (TPSA) is 114 Å². The van der Waals surface area contributed by atoms with Gasteiger partial charge in [0.05, 0.1) is 10.2 Å². The molecule has 0 aliphatic rings. The van der Waals surface area contributed by atoms with Crippen LogP contribution < -0.4 is 10.0 Å². The van der Waals surface area contributed by atoms with E-state index < -0.39 is 15.9 Å². The van der Waals surface area contributed by atoms with Gasteiger partial charge in [0.25, 0.3) is 0 Å². The molecule has 8 nitrogen and oxygen atoms in total. The average molecular weight is 398 g/mol. The maximum absolute atomic E-state index is 13.2. The van der Waals surface area contributed by atoms with Gasteiger partial charge < -0.3 is 9.84 Å². The lowest BCUT2D eigenvalue weighted by atomic mass is 10.3. The zero-order chi connectivity index (χ0) is 18.9. The smallest absolute Gasteiger partial charge is 0.245 e. The number of anilines is 1. The van der Waals surface area contributed by atoms with Crippen LogP contribution in [0.15, 0.2) is 27.6 Å². The maximum atomic E-state index is 13.2. The van der Waals surface area contributed by atoms with E-state index in [0.29, 0.717) is 15.3 Å². The Bertz CT molecular complexity index is 1060. The number of carbonyl (C=O) groups excluding carboxylic acids is 1. The summed E-state index contributed by atoms with van der Waals surface area (Å²) in [5.41, 5.74) is 0.826. The fourth-order valence-corrected chi connectivity index (χ4v) is 4.63. The van der Waals surface area contributed by atoms with Crippen molar-refractivity contribution in [1.29, 1.82) is 0 Å². The zero-order valence-corrected chi connectivity index (χ0v) is 15.5. The van der Waals surface area contributed by atoms with Gasteiger partial charge in [0.1, 0.15) is 16.4 Å². The minimum Gasteiger partial charge on any atom is -0.360 e. The lowest BCUT2D eigenvalue weighted by molar-refractivity contribution is -0.116. The van der Waals surface area contributed by atoms with Crippen molar-refractivity contribution in [3.63, 3.8) is 0 Å². The average Bonchev–Trinajstić information content (AvgIpc) is 3.09. The molecule has 0 saturated carbocycles. The molecule has 2 aromatic heterocycles. The number of halogens is 1. The van der Waals surface area contributed by atoms with E-state index in [1.165, 1.54) is 32.0 Å². The second-order valence-electron chi connectivity index (χ2n) is 5.48. The summed E-state index contributed by atoms with van der Waals surface area (Å²) >= 11 is 1.14. The van der Waals surface area contributed by atoms with Gasteiger partial charge in [0.15, 0.2) is 10.9 Å². The van der Waals surface area contributed by atoms with Crippen LogP contribution in [-0.4, -0.2) is 31.0 Å². The number of amides is 1. The molecule has 2 heterocycles. The molecule has 0 saturated heterocycles. The number of nitrogens with one attached hydrogen (secondary N) is 2. The van der Waals surface area contributed by atoms with Crippen LogP contribution in [0, 0.1) is 19.7 Å². The number of carbonyl (C=O) groups is 1. The van der Waals surface area contributed by atoms with Crippen molar-refractivity contribution in [2.75, 3.05) is 11.9 Å². The first-order valence-electron chi connectivity index (χ1n) is 7.55. The Labute approximate surface area is 152 Å². The molecule has 0 radical (unpaired) electrons. The van der Waals surface area contributed by atoms with Gasteiger partial charge in [-0.25, -0.2) is 22.5 Å². The molecule has 2 N–H and O–H groups in total. The molecule has 138 valence electrons. The molecular formula is C15H15FN4O4S2. The minimum atomic E-state index is -3.81. The van der Waals surface area contributed by atoms with Gasteiger partial charge in [0, 0.05) is 13.0 Å². The molecule has 3 aromatic rings. The third-order valence-corrected chi connectivity index (χ3v) is 6.12. The number of sulfonamides is 1. The summed E-state index contributed by atoms with van der Waals surface area (Å²) in [7, 11) is -3.81. The van der Waals surface area contributed by atoms with Gasteiger partial charge in [-0.15, -0.1) is 0 Å². The van der Waals surface area contributed by atoms with Crippen LogP contribution in [0.25, 0.3) is 10.2 Å². The molecule has 0 fully saturated rings. The van der Waals surface area contributed by atoms with Gasteiger partial charge >= 0.3 is 0 Å². The normalized spacial score (nSPS) is 11.8. The summed E-state index contributed by atoms with van der Waals surface area (Å²) in [5, 5.41) is 6.50. The Hall–Kier alpha value is -2.37. The Morgan fingerprint density at radius 1 is 1.35 bits per heavy atom. The summed E-state index contributed by atoms with van der Waals surface area (Å²) in [5.74, 6) is -0.611. The van der Waals surface area contributed by atoms with E-state index in [0.717, 1.165) is 11.3 Å². The molecule has 1 aromatic carbocycles. The van der Waals surface area contributed by atoms with E-state index >= 15 is 0 Å². The van der Waals surface area contributed by atoms with Crippen molar-refractivity contribution in [3.05, 3.63) is 35.5 Å². The molecule has 0 unspecified atom stereocenters. The van der Waals surface area contributed by atoms with E-state index in [4.69, 9.17) is 4.52 Å². The van der Waals surface area contributed by atoms with Crippen molar-refractivity contribution < 1.29 is 22.1 Å². The predicted octanol–water partition coefficient (Wildman–Crippen LogP) is 2.35. The second kappa shape index (κ2) is 7.09. The van der Waals surface area contributed by atoms with Crippen LogP contribution in [0.1, 0.15) is 17.9 Å².